The molecule has 0 bridgehead atoms. The van der Waals surface area contributed by atoms with Crippen molar-refractivity contribution >= 4 is 31.7 Å². The molecule has 4 rings (SSSR count). The first kappa shape index (κ1) is 25.3. The van der Waals surface area contributed by atoms with Crippen molar-refractivity contribution in [2.75, 3.05) is 6.54 Å². The molecule has 35 heavy (non-hydrogen) atoms. The number of aryl methyl sites for hydroxylation is 1. The van der Waals surface area contributed by atoms with Crippen LogP contribution in [0.5, 0.6) is 0 Å². The highest BCUT2D eigenvalue weighted by atomic mass is 32.2. The van der Waals surface area contributed by atoms with Crippen LogP contribution in [0.2, 0.25) is 0 Å². The molecular formula is C23H28FN5O4S2. The first-order chi connectivity index (χ1) is 16.5. The summed E-state index contributed by atoms with van der Waals surface area (Å²) in [5, 5.41) is 10.7. The van der Waals surface area contributed by atoms with Gasteiger partial charge < -0.3 is 0 Å². The maximum atomic E-state index is 13.3. The molecule has 0 saturated heterocycles. The zero-order valence-electron chi connectivity index (χ0n) is 19.3. The zero-order chi connectivity index (χ0) is 25.2. The van der Waals surface area contributed by atoms with Gasteiger partial charge in [-0.3, -0.25) is 0 Å². The van der Waals surface area contributed by atoms with Gasteiger partial charge in [-0.25, -0.2) is 41.1 Å². The van der Waals surface area contributed by atoms with Crippen molar-refractivity contribution in [3.05, 3.63) is 65.5 Å². The lowest BCUT2D eigenvalue weighted by atomic mass is 9.95. The number of benzene rings is 2. The fourth-order valence-electron chi connectivity index (χ4n) is 4.17. The lowest BCUT2D eigenvalue weighted by Gasteiger charge is -2.26. The molecule has 1 saturated carbocycles. The molecule has 1 heterocycles. The number of hydrazone groups is 1. The normalized spacial score (nSPS) is 21.6. The van der Waals surface area contributed by atoms with Gasteiger partial charge in [0.25, 0.3) is 10.0 Å². The van der Waals surface area contributed by atoms with Crippen LogP contribution >= 0.6 is 0 Å². The summed E-state index contributed by atoms with van der Waals surface area (Å²) in [6.45, 7) is 2.25. The molecule has 2 aliphatic rings. The van der Waals surface area contributed by atoms with E-state index in [9.17, 15) is 21.2 Å². The molecule has 0 amide bonds. The van der Waals surface area contributed by atoms with Crippen LogP contribution in [0.1, 0.15) is 43.2 Å². The van der Waals surface area contributed by atoms with Crippen LogP contribution < -0.4 is 9.86 Å². The van der Waals surface area contributed by atoms with Crippen molar-refractivity contribution in [2.24, 2.45) is 15.2 Å². The van der Waals surface area contributed by atoms with Gasteiger partial charge in [-0.1, -0.05) is 29.8 Å². The largest absolute Gasteiger partial charge is 0.264 e. The monoisotopic (exact) mass is 521 g/mol. The molecule has 12 heteroatoms. The Bertz CT molecular complexity index is 1330. The molecular weight excluding hydrogens is 493 g/mol. The summed E-state index contributed by atoms with van der Waals surface area (Å²) in [7, 11) is -7.57. The summed E-state index contributed by atoms with van der Waals surface area (Å²) in [6.07, 6.45) is 2.15. The van der Waals surface area contributed by atoms with Crippen molar-refractivity contribution in [1.29, 1.82) is 0 Å². The van der Waals surface area contributed by atoms with Gasteiger partial charge in [-0.2, -0.15) is 5.10 Å². The third-order valence-electron chi connectivity index (χ3n) is 6.19. The Hall–Kier alpha value is -2.83. The van der Waals surface area contributed by atoms with E-state index in [0.29, 0.717) is 44.4 Å². The van der Waals surface area contributed by atoms with Gasteiger partial charge in [0.2, 0.25) is 16.0 Å². The van der Waals surface area contributed by atoms with Crippen molar-refractivity contribution in [2.45, 2.75) is 55.2 Å². The van der Waals surface area contributed by atoms with Gasteiger partial charge in [0, 0.05) is 6.42 Å². The lowest BCUT2D eigenvalue weighted by molar-refractivity contribution is 0.419. The average molecular weight is 522 g/mol. The van der Waals surface area contributed by atoms with E-state index in [4.69, 9.17) is 5.14 Å². The second-order valence-corrected chi connectivity index (χ2v) is 12.3. The predicted octanol–water partition coefficient (Wildman–Crippen LogP) is 2.48. The van der Waals surface area contributed by atoms with Crippen LogP contribution in [0.3, 0.4) is 0 Å². The number of primary sulfonamides is 1. The Balaban J connectivity index is 1.61. The smallest absolute Gasteiger partial charge is 0.248 e. The molecule has 188 valence electrons. The standard InChI is InChI=1S/C23H28FN5O4S2/c1-16-2-10-21(11-3-16)35(32,33)28-23(26-19-8-12-20(13-9-19)34(25,30)31)29-15-14-22(27-29)17-4-6-18(24)7-5-17/h2-7,10-11,19-20H,8-9,12-15H2,1H3,(H,26,28)(H2,25,30,31). The molecule has 0 radical (unpaired) electrons. The Morgan fingerprint density at radius 2 is 1.66 bits per heavy atom. The Labute approximate surface area is 205 Å². The minimum Gasteiger partial charge on any atom is -0.248 e. The molecule has 0 atom stereocenters. The molecule has 1 aliphatic heterocycles. The van der Waals surface area contributed by atoms with E-state index in [1.165, 1.54) is 29.3 Å². The third-order valence-corrected chi connectivity index (χ3v) is 8.94. The number of hydrogen-bond acceptors (Lipinski definition) is 6. The third kappa shape index (κ3) is 6.24. The van der Waals surface area contributed by atoms with Gasteiger partial charge in [0.15, 0.2) is 0 Å². The predicted molar refractivity (Wildman–Crippen MR) is 132 cm³/mol. The minimum atomic E-state index is -3.94. The van der Waals surface area contributed by atoms with Crippen LogP contribution in [0, 0.1) is 12.7 Å². The summed E-state index contributed by atoms with van der Waals surface area (Å²) < 4.78 is 65.5. The number of halogens is 1. The molecule has 1 aliphatic carbocycles. The lowest BCUT2D eigenvalue weighted by Crippen LogP contribution is -2.42. The highest BCUT2D eigenvalue weighted by molar-refractivity contribution is 7.90. The van der Waals surface area contributed by atoms with Crippen LogP contribution in [0.25, 0.3) is 0 Å². The molecule has 0 unspecified atom stereocenters. The van der Waals surface area contributed by atoms with Crippen molar-refractivity contribution < 1.29 is 21.2 Å². The number of hydrogen-bond donors (Lipinski definition) is 2. The topological polar surface area (TPSA) is 134 Å². The van der Waals surface area contributed by atoms with E-state index in [2.05, 4.69) is 14.8 Å². The molecule has 0 aromatic heterocycles. The first-order valence-electron chi connectivity index (χ1n) is 11.3. The molecule has 9 nitrogen and oxygen atoms in total. The summed E-state index contributed by atoms with van der Waals surface area (Å²) in [5.74, 6) is -0.283. The van der Waals surface area contributed by atoms with E-state index in [0.717, 1.165) is 11.1 Å². The molecule has 3 N–H and O–H groups in total. The summed E-state index contributed by atoms with van der Waals surface area (Å²) in [5.41, 5.74) is 2.35. The van der Waals surface area contributed by atoms with E-state index < -0.39 is 25.3 Å². The SMILES string of the molecule is Cc1ccc(S(=O)(=O)NC(=NC2CCC(S(N)(=O)=O)CC2)N2CCC(c3ccc(F)cc3)=N2)cc1. The maximum Gasteiger partial charge on any atom is 0.264 e. The van der Waals surface area contributed by atoms with Crippen molar-refractivity contribution in [1.82, 2.24) is 9.73 Å². The maximum absolute atomic E-state index is 13.3. The highest BCUT2D eigenvalue weighted by Gasteiger charge is 2.31. The van der Waals surface area contributed by atoms with E-state index >= 15 is 0 Å². The summed E-state index contributed by atoms with van der Waals surface area (Å²) >= 11 is 0. The number of nitrogens with zero attached hydrogens (tertiary/aromatic N) is 3. The number of aliphatic imine (C=N–C) groups is 1. The Morgan fingerprint density at radius 3 is 2.26 bits per heavy atom. The van der Waals surface area contributed by atoms with Crippen LogP contribution in [0.15, 0.2) is 63.5 Å². The molecule has 0 spiro atoms. The van der Waals surface area contributed by atoms with E-state index in [1.54, 1.807) is 24.3 Å². The fourth-order valence-corrected chi connectivity index (χ4v) is 6.11. The number of nitrogens with one attached hydrogen (secondary N) is 1. The quantitative estimate of drug-likeness (QED) is 0.461. The number of sulfonamides is 2. The molecule has 1 fully saturated rings. The van der Waals surface area contributed by atoms with Crippen LogP contribution in [-0.4, -0.2) is 51.4 Å². The fraction of sp³-hybridized carbons (Fsp3) is 0.391. The van der Waals surface area contributed by atoms with Gasteiger partial charge in [0.05, 0.1) is 28.4 Å². The minimum absolute atomic E-state index is 0.0711. The van der Waals surface area contributed by atoms with Gasteiger partial charge in [0.1, 0.15) is 5.82 Å². The Morgan fingerprint density at radius 1 is 1.03 bits per heavy atom. The van der Waals surface area contributed by atoms with Gasteiger partial charge >= 0.3 is 0 Å². The van der Waals surface area contributed by atoms with Crippen molar-refractivity contribution in [3.8, 4) is 0 Å². The van der Waals surface area contributed by atoms with Crippen LogP contribution in [-0.2, 0) is 20.0 Å². The highest BCUT2D eigenvalue weighted by Crippen LogP contribution is 2.26. The average Bonchev–Trinajstić information content (AvgIpc) is 3.29. The first-order valence-corrected chi connectivity index (χ1v) is 14.4. The number of nitrogens with two attached hydrogens (primary N) is 1. The second kappa shape index (κ2) is 10.0. The number of rotatable bonds is 5. The van der Waals surface area contributed by atoms with Gasteiger partial charge in [-0.15, -0.1) is 0 Å². The van der Waals surface area contributed by atoms with Crippen molar-refractivity contribution in [3.63, 3.8) is 0 Å². The van der Waals surface area contributed by atoms with Crippen LogP contribution in [0.4, 0.5) is 4.39 Å². The summed E-state index contributed by atoms with van der Waals surface area (Å²) in [6, 6.07) is 12.1. The zero-order valence-corrected chi connectivity index (χ0v) is 20.9. The Kier molecular flexibility index (Phi) is 7.25. The molecule has 2 aromatic rings. The summed E-state index contributed by atoms with van der Waals surface area (Å²) in [4.78, 5) is 4.75. The second-order valence-electron chi connectivity index (χ2n) is 8.82. The van der Waals surface area contributed by atoms with E-state index in [-0.39, 0.29) is 22.7 Å². The number of guanidine groups is 1. The van der Waals surface area contributed by atoms with Gasteiger partial charge in [-0.05, 0) is 62.4 Å². The molecule has 2 aromatic carbocycles. The van der Waals surface area contributed by atoms with E-state index in [1.807, 2.05) is 6.92 Å².